The molecule has 0 spiro atoms. The van der Waals surface area contributed by atoms with Crippen molar-refractivity contribution in [2.75, 3.05) is 5.84 Å². The molecule has 0 saturated heterocycles. The Morgan fingerprint density at radius 2 is 2.24 bits per heavy atom. The second-order valence-corrected chi connectivity index (χ2v) is 4.92. The third-order valence-electron chi connectivity index (χ3n) is 2.31. The lowest BCUT2D eigenvalue weighted by molar-refractivity contribution is 0.796. The smallest absolute Gasteiger partial charge is 0.210 e. The van der Waals surface area contributed by atoms with Crippen molar-refractivity contribution in [2.24, 2.45) is 0 Å². The summed E-state index contributed by atoms with van der Waals surface area (Å²) in [6, 6.07) is 7.75. The molecule has 6 heteroatoms. The van der Waals surface area contributed by atoms with Crippen LogP contribution in [0, 0.1) is 0 Å². The van der Waals surface area contributed by atoms with E-state index in [2.05, 4.69) is 10.2 Å². The van der Waals surface area contributed by atoms with Gasteiger partial charge in [-0.2, -0.15) is 0 Å². The number of nitrogens with two attached hydrogens (primary N) is 1. The fraction of sp³-hybridized carbons (Fsp3) is 0.273. The average molecular weight is 269 g/mol. The van der Waals surface area contributed by atoms with E-state index < -0.39 is 0 Å². The van der Waals surface area contributed by atoms with E-state index in [1.807, 2.05) is 31.2 Å². The minimum atomic E-state index is 0.724. The number of hydrogen-bond donors (Lipinski definition) is 1. The molecule has 0 saturated carbocycles. The highest BCUT2D eigenvalue weighted by molar-refractivity contribution is 7.98. The van der Waals surface area contributed by atoms with Crippen molar-refractivity contribution in [1.29, 1.82) is 0 Å². The van der Waals surface area contributed by atoms with E-state index in [4.69, 9.17) is 17.4 Å². The second-order valence-electron chi connectivity index (χ2n) is 3.54. The number of aromatic nitrogens is 3. The fourth-order valence-electron chi connectivity index (χ4n) is 1.42. The molecule has 2 N–H and O–H groups in total. The van der Waals surface area contributed by atoms with Crippen LogP contribution in [0.25, 0.3) is 0 Å². The largest absolute Gasteiger partial charge is 0.336 e. The molecule has 90 valence electrons. The zero-order chi connectivity index (χ0) is 12.3. The van der Waals surface area contributed by atoms with Gasteiger partial charge in [-0.05, 0) is 17.7 Å². The lowest BCUT2D eigenvalue weighted by Crippen LogP contribution is -2.13. The van der Waals surface area contributed by atoms with Crippen LogP contribution in [-0.2, 0) is 12.2 Å². The maximum Gasteiger partial charge on any atom is 0.210 e. The van der Waals surface area contributed by atoms with Crippen LogP contribution < -0.4 is 5.84 Å². The van der Waals surface area contributed by atoms with Crippen LogP contribution in [0.2, 0.25) is 5.02 Å². The molecule has 0 unspecified atom stereocenters. The van der Waals surface area contributed by atoms with Crippen molar-refractivity contribution in [2.45, 2.75) is 24.3 Å². The molecule has 0 amide bonds. The highest BCUT2D eigenvalue weighted by Gasteiger charge is 2.08. The number of hydrogen-bond acceptors (Lipinski definition) is 4. The normalized spacial score (nSPS) is 10.7. The summed E-state index contributed by atoms with van der Waals surface area (Å²) in [6.45, 7) is 2.00. The first-order valence-corrected chi connectivity index (χ1v) is 6.63. The highest BCUT2D eigenvalue weighted by Crippen LogP contribution is 2.22. The number of aryl methyl sites for hydroxylation is 1. The summed E-state index contributed by atoms with van der Waals surface area (Å²) < 4.78 is 1.54. The van der Waals surface area contributed by atoms with Gasteiger partial charge in [-0.3, -0.25) is 0 Å². The van der Waals surface area contributed by atoms with Gasteiger partial charge in [0, 0.05) is 17.2 Å². The van der Waals surface area contributed by atoms with Crippen LogP contribution in [0.4, 0.5) is 0 Å². The number of rotatable bonds is 4. The minimum absolute atomic E-state index is 0.724. The summed E-state index contributed by atoms with van der Waals surface area (Å²) in [5.41, 5.74) is 1.14. The molecule has 0 aliphatic heterocycles. The van der Waals surface area contributed by atoms with E-state index in [-0.39, 0.29) is 0 Å². The summed E-state index contributed by atoms with van der Waals surface area (Å²) in [5, 5.41) is 9.51. The van der Waals surface area contributed by atoms with Gasteiger partial charge in [0.2, 0.25) is 5.16 Å². The number of nitrogen functional groups attached to an aromatic ring is 1. The molecule has 17 heavy (non-hydrogen) atoms. The van der Waals surface area contributed by atoms with Gasteiger partial charge in [-0.25, -0.2) is 4.68 Å². The van der Waals surface area contributed by atoms with Crippen molar-refractivity contribution in [3.05, 3.63) is 40.7 Å². The predicted octanol–water partition coefficient (Wildman–Crippen LogP) is 2.50. The molecular formula is C11H13ClN4S. The number of nitrogens with zero attached hydrogens (tertiary/aromatic N) is 3. The van der Waals surface area contributed by atoms with E-state index in [0.717, 1.165) is 33.7 Å². The molecule has 0 bridgehead atoms. The summed E-state index contributed by atoms with van der Waals surface area (Å²) >= 11 is 7.47. The Kier molecular flexibility index (Phi) is 3.91. The molecule has 0 aliphatic carbocycles. The standard InChI is InChI=1S/C11H13ClN4S/c1-2-10-14-15-11(16(10)13)17-7-8-4-3-5-9(12)6-8/h3-6H,2,7,13H2,1H3. The molecular weight excluding hydrogens is 256 g/mol. The second kappa shape index (κ2) is 5.42. The molecule has 0 atom stereocenters. The lowest BCUT2D eigenvalue weighted by Gasteiger charge is -2.02. The Labute approximate surface area is 109 Å². The predicted molar refractivity (Wildman–Crippen MR) is 70.6 cm³/mol. The maximum atomic E-state index is 5.92. The molecule has 2 aromatic rings. The third-order valence-corrected chi connectivity index (χ3v) is 3.56. The molecule has 0 fully saturated rings. The van der Waals surface area contributed by atoms with Crippen LogP contribution in [0.5, 0.6) is 0 Å². The van der Waals surface area contributed by atoms with Crippen LogP contribution in [0.3, 0.4) is 0 Å². The average Bonchev–Trinajstić information content (AvgIpc) is 2.67. The van der Waals surface area contributed by atoms with E-state index >= 15 is 0 Å². The van der Waals surface area contributed by atoms with Gasteiger partial charge in [-0.15, -0.1) is 10.2 Å². The Bertz CT molecular complexity index is 512. The first-order valence-electron chi connectivity index (χ1n) is 5.27. The van der Waals surface area contributed by atoms with E-state index in [0.29, 0.717) is 0 Å². The zero-order valence-corrected chi connectivity index (χ0v) is 11.0. The van der Waals surface area contributed by atoms with Crippen molar-refractivity contribution < 1.29 is 0 Å². The molecule has 1 aromatic carbocycles. The van der Waals surface area contributed by atoms with E-state index in [1.54, 1.807) is 11.8 Å². The van der Waals surface area contributed by atoms with Crippen molar-refractivity contribution in [3.8, 4) is 0 Å². The third kappa shape index (κ3) is 2.92. The number of benzene rings is 1. The molecule has 4 nitrogen and oxygen atoms in total. The summed E-state index contributed by atoms with van der Waals surface area (Å²) in [5.74, 6) is 7.42. The maximum absolute atomic E-state index is 5.92. The van der Waals surface area contributed by atoms with Crippen LogP contribution >= 0.6 is 23.4 Å². The minimum Gasteiger partial charge on any atom is -0.336 e. The quantitative estimate of drug-likeness (QED) is 0.684. The van der Waals surface area contributed by atoms with E-state index in [9.17, 15) is 0 Å². The topological polar surface area (TPSA) is 56.7 Å². The molecule has 0 aliphatic rings. The molecule has 0 radical (unpaired) electrons. The van der Waals surface area contributed by atoms with Gasteiger partial charge in [0.05, 0.1) is 0 Å². The van der Waals surface area contributed by atoms with Crippen LogP contribution in [-0.4, -0.2) is 14.9 Å². The zero-order valence-electron chi connectivity index (χ0n) is 9.43. The Morgan fingerprint density at radius 3 is 2.88 bits per heavy atom. The Morgan fingerprint density at radius 1 is 1.41 bits per heavy atom. The molecule has 1 aromatic heterocycles. The summed E-state index contributed by atoms with van der Waals surface area (Å²) in [7, 11) is 0. The Hall–Kier alpha value is -1.20. The van der Waals surface area contributed by atoms with E-state index in [1.165, 1.54) is 4.68 Å². The number of thioether (sulfide) groups is 1. The van der Waals surface area contributed by atoms with Crippen molar-refractivity contribution >= 4 is 23.4 Å². The van der Waals surface area contributed by atoms with Gasteiger partial charge in [-0.1, -0.05) is 42.4 Å². The summed E-state index contributed by atoms with van der Waals surface area (Å²) in [6.07, 6.45) is 0.779. The summed E-state index contributed by atoms with van der Waals surface area (Å²) in [4.78, 5) is 0. The van der Waals surface area contributed by atoms with Gasteiger partial charge < -0.3 is 5.84 Å². The highest BCUT2D eigenvalue weighted by atomic mass is 35.5. The SMILES string of the molecule is CCc1nnc(SCc2cccc(Cl)c2)n1N. The molecule has 1 heterocycles. The Balaban J connectivity index is 2.05. The van der Waals surface area contributed by atoms with Gasteiger partial charge in [0.15, 0.2) is 5.82 Å². The first kappa shape index (κ1) is 12.3. The van der Waals surface area contributed by atoms with Crippen molar-refractivity contribution in [3.63, 3.8) is 0 Å². The van der Waals surface area contributed by atoms with Gasteiger partial charge >= 0.3 is 0 Å². The first-order chi connectivity index (χ1) is 8.20. The van der Waals surface area contributed by atoms with Crippen LogP contribution in [0.15, 0.2) is 29.4 Å². The van der Waals surface area contributed by atoms with Crippen LogP contribution in [0.1, 0.15) is 18.3 Å². The molecule has 2 rings (SSSR count). The van der Waals surface area contributed by atoms with Gasteiger partial charge in [0.25, 0.3) is 0 Å². The fourth-order valence-corrected chi connectivity index (χ4v) is 2.45. The lowest BCUT2D eigenvalue weighted by atomic mass is 10.2. The number of halogens is 1. The monoisotopic (exact) mass is 268 g/mol. The van der Waals surface area contributed by atoms with Crippen molar-refractivity contribution in [1.82, 2.24) is 14.9 Å². The van der Waals surface area contributed by atoms with Gasteiger partial charge in [0.1, 0.15) is 0 Å².